The first-order valence-corrected chi connectivity index (χ1v) is 6.81. The molecule has 0 aliphatic carbocycles. The summed E-state index contributed by atoms with van der Waals surface area (Å²) in [4.78, 5) is 33.0. The summed E-state index contributed by atoms with van der Waals surface area (Å²) in [6.07, 6.45) is 3.89. The predicted octanol–water partition coefficient (Wildman–Crippen LogP) is 1.63. The van der Waals surface area contributed by atoms with E-state index in [1.807, 2.05) is 30.3 Å². The smallest absolute Gasteiger partial charge is 0.325 e. The molecule has 1 aromatic carbocycles. The van der Waals surface area contributed by atoms with Crippen LogP contribution in [0.2, 0.25) is 0 Å². The van der Waals surface area contributed by atoms with E-state index in [1.165, 1.54) is 0 Å². The van der Waals surface area contributed by atoms with Crippen LogP contribution < -0.4 is 5.69 Å². The Morgan fingerprint density at radius 3 is 2.68 bits per heavy atom. The van der Waals surface area contributed by atoms with Gasteiger partial charge in [-0.15, -0.1) is 0 Å². The Kier molecular flexibility index (Phi) is 2.82. The Morgan fingerprint density at radius 2 is 1.91 bits per heavy atom. The molecule has 0 bridgehead atoms. The molecule has 22 heavy (non-hydrogen) atoms. The van der Waals surface area contributed by atoms with E-state index in [9.17, 15) is 4.79 Å². The van der Waals surface area contributed by atoms with E-state index in [4.69, 9.17) is 0 Å². The van der Waals surface area contributed by atoms with Crippen LogP contribution in [0.15, 0.2) is 47.7 Å². The van der Waals surface area contributed by atoms with Crippen molar-refractivity contribution < 1.29 is 0 Å². The van der Waals surface area contributed by atoms with Crippen LogP contribution >= 0.6 is 0 Å². The Morgan fingerprint density at radius 1 is 1.05 bits per heavy atom. The summed E-state index contributed by atoms with van der Waals surface area (Å²) in [6, 6.07) is 9.95. The lowest BCUT2D eigenvalue weighted by Gasteiger charge is -2.04. The third-order valence-corrected chi connectivity index (χ3v) is 3.40. The lowest BCUT2D eigenvalue weighted by Crippen LogP contribution is -2.00. The predicted molar refractivity (Wildman–Crippen MR) is 81.3 cm³/mol. The van der Waals surface area contributed by atoms with E-state index in [2.05, 4.69) is 29.9 Å². The molecule has 0 fully saturated rings. The number of aromatic nitrogens is 6. The molecule has 0 radical (unpaired) electrons. The van der Waals surface area contributed by atoms with E-state index in [1.54, 1.807) is 12.5 Å². The number of H-pyrrole nitrogens is 3. The highest BCUT2D eigenvalue weighted by Crippen LogP contribution is 2.19. The molecular weight excluding hydrogens is 280 g/mol. The van der Waals surface area contributed by atoms with Gasteiger partial charge in [-0.05, 0) is 5.56 Å². The number of fused-ring (bicyclic) bond motifs is 1. The summed E-state index contributed by atoms with van der Waals surface area (Å²) < 4.78 is 0. The molecule has 0 aliphatic heterocycles. The van der Waals surface area contributed by atoms with Crippen molar-refractivity contribution in [3.05, 3.63) is 64.6 Å². The fraction of sp³-hybridized carbons (Fsp3) is 0.0667. The third-order valence-electron chi connectivity index (χ3n) is 3.40. The first-order chi connectivity index (χ1) is 10.8. The second kappa shape index (κ2) is 4.96. The van der Waals surface area contributed by atoms with Crippen LogP contribution in [0.5, 0.6) is 0 Å². The minimum Gasteiger partial charge on any atom is -0.350 e. The SMILES string of the molecule is O=c1[nH]c2nc(-c3c[nH]cn3)nc(Cc3ccccc3)c2[nH]1. The van der Waals surface area contributed by atoms with Crippen molar-refractivity contribution in [1.82, 2.24) is 29.9 Å². The molecule has 0 spiro atoms. The van der Waals surface area contributed by atoms with Gasteiger partial charge in [0.15, 0.2) is 11.5 Å². The minimum absolute atomic E-state index is 0.294. The van der Waals surface area contributed by atoms with Gasteiger partial charge in [0.2, 0.25) is 0 Å². The number of hydrogen-bond donors (Lipinski definition) is 3. The largest absolute Gasteiger partial charge is 0.350 e. The van der Waals surface area contributed by atoms with E-state index in [0.29, 0.717) is 29.1 Å². The maximum atomic E-state index is 11.6. The van der Waals surface area contributed by atoms with Crippen molar-refractivity contribution in [2.45, 2.75) is 6.42 Å². The van der Waals surface area contributed by atoms with Crippen molar-refractivity contribution in [3.63, 3.8) is 0 Å². The number of benzene rings is 1. The zero-order valence-corrected chi connectivity index (χ0v) is 11.5. The quantitative estimate of drug-likeness (QED) is 0.534. The lowest BCUT2D eigenvalue weighted by atomic mass is 10.1. The second-order valence-electron chi connectivity index (χ2n) is 4.91. The monoisotopic (exact) mass is 292 g/mol. The van der Waals surface area contributed by atoms with Crippen LogP contribution in [0.4, 0.5) is 0 Å². The Labute approximate surface area is 124 Å². The number of imidazole rings is 2. The molecule has 0 aliphatic rings. The van der Waals surface area contributed by atoms with Crippen LogP contribution in [0, 0.1) is 0 Å². The number of rotatable bonds is 3. The summed E-state index contributed by atoms with van der Waals surface area (Å²) in [6.45, 7) is 0. The van der Waals surface area contributed by atoms with Crippen LogP contribution in [0.25, 0.3) is 22.7 Å². The van der Waals surface area contributed by atoms with Crippen molar-refractivity contribution in [1.29, 1.82) is 0 Å². The standard InChI is InChI=1S/C15H12N6O/c22-15-19-12-10(6-9-4-2-1-3-5-9)18-13(20-14(12)21-15)11-7-16-8-17-11/h1-5,7-8H,6H2,(H,16,17)(H2,18,19,20,21,22). The summed E-state index contributed by atoms with van der Waals surface area (Å²) >= 11 is 0. The molecule has 3 aromatic heterocycles. The van der Waals surface area contributed by atoms with Crippen LogP contribution in [0.3, 0.4) is 0 Å². The Bertz CT molecular complexity index is 968. The molecule has 4 rings (SSSR count). The normalized spacial score (nSPS) is 11.1. The average Bonchev–Trinajstić information content (AvgIpc) is 3.16. The van der Waals surface area contributed by atoms with Gasteiger partial charge in [-0.25, -0.2) is 19.7 Å². The van der Waals surface area contributed by atoms with Crippen LogP contribution in [-0.4, -0.2) is 29.9 Å². The van der Waals surface area contributed by atoms with Crippen molar-refractivity contribution in [3.8, 4) is 11.5 Å². The molecule has 0 atom stereocenters. The van der Waals surface area contributed by atoms with Gasteiger partial charge in [-0.3, -0.25) is 4.98 Å². The van der Waals surface area contributed by atoms with Gasteiger partial charge in [0.05, 0.1) is 12.0 Å². The number of aromatic amines is 3. The topological polar surface area (TPSA) is 103 Å². The molecular formula is C15H12N6O. The first kappa shape index (κ1) is 12.5. The summed E-state index contributed by atoms with van der Waals surface area (Å²) in [7, 11) is 0. The van der Waals surface area contributed by atoms with E-state index in [0.717, 1.165) is 11.3 Å². The zero-order chi connectivity index (χ0) is 14.9. The maximum absolute atomic E-state index is 11.6. The lowest BCUT2D eigenvalue weighted by molar-refractivity contribution is 1.05. The van der Waals surface area contributed by atoms with E-state index < -0.39 is 0 Å². The highest BCUT2D eigenvalue weighted by atomic mass is 16.1. The van der Waals surface area contributed by atoms with Gasteiger partial charge in [-0.1, -0.05) is 30.3 Å². The molecule has 0 unspecified atom stereocenters. The minimum atomic E-state index is -0.294. The molecule has 0 amide bonds. The van der Waals surface area contributed by atoms with Gasteiger partial charge in [0.25, 0.3) is 0 Å². The maximum Gasteiger partial charge on any atom is 0.325 e. The second-order valence-corrected chi connectivity index (χ2v) is 4.91. The van der Waals surface area contributed by atoms with Crippen molar-refractivity contribution in [2.24, 2.45) is 0 Å². The summed E-state index contributed by atoms with van der Waals surface area (Å²) in [5.74, 6) is 0.481. The van der Waals surface area contributed by atoms with E-state index >= 15 is 0 Å². The molecule has 0 saturated heterocycles. The molecule has 0 saturated carbocycles. The van der Waals surface area contributed by atoms with E-state index in [-0.39, 0.29) is 5.69 Å². The van der Waals surface area contributed by atoms with Gasteiger partial charge < -0.3 is 9.97 Å². The molecule has 108 valence electrons. The van der Waals surface area contributed by atoms with Crippen LogP contribution in [0.1, 0.15) is 11.3 Å². The number of nitrogens with zero attached hydrogens (tertiary/aromatic N) is 3. The Hall–Kier alpha value is -3.22. The van der Waals surface area contributed by atoms with Gasteiger partial charge in [-0.2, -0.15) is 0 Å². The van der Waals surface area contributed by atoms with Crippen molar-refractivity contribution in [2.75, 3.05) is 0 Å². The zero-order valence-electron chi connectivity index (χ0n) is 11.5. The molecule has 7 heteroatoms. The summed E-state index contributed by atoms with van der Waals surface area (Å²) in [5.41, 5.74) is 3.33. The summed E-state index contributed by atoms with van der Waals surface area (Å²) in [5, 5.41) is 0. The van der Waals surface area contributed by atoms with Gasteiger partial charge >= 0.3 is 5.69 Å². The third kappa shape index (κ3) is 2.18. The molecule has 7 nitrogen and oxygen atoms in total. The molecule has 3 N–H and O–H groups in total. The highest BCUT2D eigenvalue weighted by Gasteiger charge is 2.13. The van der Waals surface area contributed by atoms with Crippen molar-refractivity contribution >= 4 is 11.2 Å². The van der Waals surface area contributed by atoms with Gasteiger partial charge in [0, 0.05) is 12.6 Å². The number of nitrogens with one attached hydrogen (secondary N) is 3. The van der Waals surface area contributed by atoms with Crippen LogP contribution in [-0.2, 0) is 6.42 Å². The van der Waals surface area contributed by atoms with Gasteiger partial charge in [0.1, 0.15) is 11.2 Å². The molecule has 4 aromatic rings. The average molecular weight is 292 g/mol. The fourth-order valence-corrected chi connectivity index (χ4v) is 2.40. The Balaban J connectivity index is 1.89. The fourth-order valence-electron chi connectivity index (χ4n) is 2.40. The molecule has 3 heterocycles. The first-order valence-electron chi connectivity index (χ1n) is 6.81. The highest BCUT2D eigenvalue weighted by molar-refractivity contribution is 5.75. The number of hydrogen-bond acceptors (Lipinski definition) is 4.